The van der Waals surface area contributed by atoms with E-state index in [2.05, 4.69) is 10.3 Å². The van der Waals surface area contributed by atoms with Crippen LogP contribution in [0, 0.1) is 5.82 Å². The Hall–Kier alpha value is -1.85. The van der Waals surface area contributed by atoms with Gasteiger partial charge < -0.3 is 10.1 Å². The van der Waals surface area contributed by atoms with Crippen molar-refractivity contribution in [3.05, 3.63) is 47.2 Å². The van der Waals surface area contributed by atoms with Crippen LogP contribution in [0.2, 0.25) is 5.02 Å². The van der Waals surface area contributed by atoms with Crippen LogP contribution in [-0.2, 0) is 0 Å². The molecule has 0 spiro atoms. The number of thiazole rings is 1. The van der Waals surface area contributed by atoms with Crippen molar-refractivity contribution in [2.75, 3.05) is 12.4 Å². The molecule has 1 N–H and O–H groups in total. The summed E-state index contributed by atoms with van der Waals surface area (Å²) < 4.78 is 19.1. The summed E-state index contributed by atoms with van der Waals surface area (Å²) in [5.74, 6) is 0.324. The van der Waals surface area contributed by atoms with Gasteiger partial charge in [-0.3, -0.25) is 0 Å². The molecular formula is C14H10ClFN2OS. The minimum atomic E-state index is -0.290. The van der Waals surface area contributed by atoms with Gasteiger partial charge in [-0.2, -0.15) is 0 Å². The summed E-state index contributed by atoms with van der Waals surface area (Å²) in [5, 5.41) is 4.35. The third-order valence-corrected chi connectivity index (χ3v) is 4.00. The van der Waals surface area contributed by atoms with Crippen molar-refractivity contribution in [3.8, 4) is 5.75 Å². The molecule has 0 saturated carbocycles. The molecule has 20 heavy (non-hydrogen) atoms. The van der Waals surface area contributed by atoms with Gasteiger partial charge >= 0.3 is 0 Å². The second-order valence-electron chi connectivity index (χ2n) is 4.11. The average Bonchev–Trinajstić information content (AvgIpc) is 2.80. The number of methoxy groups -OCH3 is 1. The van der Waals surface area contributed by atoms with E-state index < -0.39 is 0 Å². The number of halogens is 2. The van der Waals surface area contributed by atoms with E-state index in [0.29, 0.717) is 21.4 Å². The van der Waals surface area contributed by atoms with Crippen LogP contribution >= 0.6 is 22.9 Å². The third kappa shape index (κ3) is 2.55. The summed E-state index contributed by atoms with van der Waals surface area (Å²) in [6.45, 7) is 0. The molecule has 6 heteroatoms. The smallest absolute Gasteiger partial charge is 0.188 e. The Morgan fingerprint density at radius 3 is 2.85 bits per heavy atom. The highest BCUT2D eigenvalue weighted by Crippen LogP contribution is 2.32. The standard InChI is InChI=1S/C14H10ClFN2OS/c1-19-12-4-3-9(7-10(12)15)17-14-18-11-6-8(16)2-5-13(11)20-14/h2-7H,1H3,(H,17,18). The maximum absolute atomic E-state index is 13.1. The zero-order valence-corrected chi connectivity index (χ0v) is 12.1. The quantitative estimate of drug-likeness (QED) is 0.751. The first-order chi connectivity index (χ1) is 9.65. The molecule has 0 saturated heterocycles. The largest absolute Gasteiger partial charge is 0.495 e. The second kappa shape index (κ2) is 5.26. The summed E-state index contributed by atoms with van der Waals surface area (Å²) in [7, 11) is 1.57. The molecule has 1 aromatic heterocycles. The summed E-state index contributed by atoms with van der Waals surface area (Å²) in [6.07, 6.45) is 0. The molecule has 0 aliphatic rings. The predicted molar refractivity (Wildman–Crippen MR) is 80.9 cm³/mol. The Morgan fingerprint density at radius 2 is 2.10 bits per heavy atom. The highest BCUT2D eigenvalue weighted by atomic mass is 35.5. The Morgan fingerprint density at radius 1 is 1.25 bits per heavy atom. The zero-order chi connectivity index (χ0) is 14.1. The SMILES string of the molecule is COc1ccc(Nc2nc3cc(F)ccc3s2)cc1Cl. The summed E-state index contributed by atoms with van der Waals surface area (Å²) in [5.41, 5.74) is 1.44. The van der Waals surface area contributed by atoms with E-state index in [-0.39, 0.29) is 5.82 Å². The van der Waals surface area contributed by atoms with Crippen LogP contribution in [-0.4, -0.2) is 12.1 Å². The molecule has 0 amide bonds. The molecule has 0 atom stereocenters. The number of rotatable bonds is 3. The summed E-state index contributed by atoms with van der Waals surface area (Å²) >= 11 is 7.52. The first-order valence-electron chi connectivity index (χ1n) is 5.82. The number of nitrogens with one attached hydrogen (secondary N) is 1. The van der Waals surface area contributed by atoms with Crippen LogP contribution < -0.4 is 10.1 Å². The Labute approximate surface area is 124 Å². The van der Waals surface area contributed by atoms with Crippen LogP contribution in [0.3, 0.4) is 0 Å². The van der Waals surface area contributed by atoms with E-state index in [9.17, 15) is 4.39 Å². The lowest BCUT2D eigenvalue weighted by molar-refractivity contribution is 0.415. The molecule has 1 heterocycles. The molecule has 3 nitrogen and oxygen atoms in total. The summed E-state index contributed by atoms with van der Waals surface area (Å²) in [4.78, 5) is 4.33. The first kappa shape index (κ1) is 13.1. The lowest BCUT2D eigenvalue weighted by atomic mass is 10.3. The van der Waals surface area contributed by atoms with Gasteiger partial charge in [-0.1, -0.05) is 22.9 Å². The molecular weight excluding hydrogens is 299 g/mol. The monoisotopic (exact) mass is 308 g/mol. The molecule has 0 fully saturated rings. The number of ether oxygens (including phenoxy) is 1. The van der Waals surface area contributed by atoms with Crippen molar-refractivity contribution in [2.45, 2.75) is 0 Å². The molecule has 0 bridgehead atoms. The van der Waals surface area contributed by atoms with E-state index in [1.165, 1.54) is 23.5 Å². The van der Waals surface area contributed by atoms with Crippen LogP contribution in [0.15, 0.2) is 36.4 Å². The lowest BCUT2D eigenvalue weighted by Gasteiger charge is -2.06. The van der Waals surface area contributed by atoms with E-state index >= 15 is 0 Å². The van der Waals surface area contributed by atoms with Gasteiger partial charge in [0.05, 0.1) is 22.3 Å². The molecule has 3 rings (SSSR count). The topological polar surface area (TPSA) is 34.1 Å². The summed E-state index contributed by atoms with van der Waals surface area (Å²) in [6, 6.07) is 9.93. The van der Waals surface area contributed by atoms with Crippen molar-refractivity contribution < 1.29 is 9.13 Å². The molecule has 0 radical (unpaired) electrons. The number of fused-ring (bicyclic) bond motifs is 1. The fraction of sp³-hybridized carbons (Fsp3) is 0.0714. The number of hydrogen-bond acceptors (Lipinski definition) is 4. The van der Waals surface area contributed by atoms with Gasteiger partial charge in [-0.25, -0.2) is 9.37 Å². The van der Waals surface area contributed by atoms with Gasteiger partial charge in [0.2, 0.25) is 0 Å². The minimum absolute atomic E-state index is 0.290. The minimum Gasteiger partial charge on any atom is -0.495 e. The first-order valence-corrected chi connectivity index (χ1v) is 7.02. The van der Waals surface area contributed by atoms with Crippen molar-refractivity contribution >= 4 is 44.0 Å². The lowest BCUT2D eigenvalue weighted by Crippen LogP contribution is -1.90. The van der Waals surface area contributed by atoms with E-state index in [0.717, 1.165) is 10.4 Å². The number of benzene rings is 2. The number of hydrogen-bond donors (Lipinski definition) is 1. The highest BCUT2D eigenvalue weighted by molar-refractivity contribution is 7.22. The molecule has 0 aliphatic heterocycles. The normalized spacial score (nSPS) is 10.8. The Balaban J connectivity index is 1.90. The predicted octanol–water partition coefficient (Wildman–Crippen LogP) is 4.84. The second-order valence-corrected chi connectivity index (χ2v) is 5.54. The zero-order valence-electron chi connectivity index (χ0n) is 10.5. The van der Waals surface area contributed by atoms with Crippen LogP contribution in [0.25, 0.3) is 10.2 Å². The van der Waals surface area contributed by atoms with E-state index in [1.54, 1.807) is 25.3 Å². The van der Waals surface area contributed by atoms with Crippen molar-refractivity contribution in [3.63, 3.8) is 0 Å². The molecule has 2 aromatic carbocycles. The van der Waals surface area contributed by atoms with Gasteiger partial charge in [0.15, 0.2) is 5.13 Å². The van der Waals surface area contributed by atoms with Crippen LogP contribution in [0.5, 0.6) is 5.75 Å². The number of nitrogens with zero attached hydrogens (tertiary/aromatic N) is 1. The van der Waals surface area contributed by atoms with Gasteiger partial charge in [-0.05, 0) is 30.3 Å². The van der Waals surface area contributed by atoms with Crippen molar-refractivity contribution in [2.24, 2.45) is 0 Å². The third-order valence-electron chi connectivity index (χ3n) is 2.75. The Bertz CT molecular complexity index is 775. The van der Waals surface area contributed by atoms with Gasteiger partial charge in [-0.15, -0.1) is 0 Å². The Kier molecular flexibility index (Phi) is 3.46. The van der Waals surface area contributed by atoms with Gasteiger partial charge in [0.25, 0.3) is 0 Å². The molecule has 0 aliphatic carbocycles. The fourth-order valence-corrected chi connectivity index (χ4v) is 2.95. The molecule has 102 valence electrons. The fourth-order valence-electron chi connectivity index (χ4n) is 1.82. The maximum Gasteiger partial charge on any atom is 0.188 e. The number of aromatic nitrogens is 1. The van der Waals surface area contributed by atoms with E-state index in [1.807, 2.05) is 6.07 Å². The van der Waals surface area contributed by atoms with Gasteiger partial charge in [0, 0.05) is 11.8 Å². The molecule has 3 aromatic rings. The average molecular weight is 309 g/mol. The van der Waals surface area contributed by atoms with Crippen molar-refractivity contribution in [1.82, 2.24) is 4.98 Å². The maximum atomic E-state index is 13.1. The van der Waals surface area contributed by atoms with Gasteiger partial charge in [0.1, 0.15) is 11.6 Å². The number of anilines is 2. The van der Waals surface area contributed by atoms with Crippen LogP contribution in [0.1, 0.15) is 0 Å². The van der Waals surface area contributed by atoms with E-state index in [4.69, 9.17) is 16.3 Å². The van der Waals surface area contributed by atoms with Crippen LogP contribution in [0.4, 0.5) is 15.2 Å². The molecule has 0 unspecified atom stereocenters. The highest BCUT2D eigenvalue weighted by Gasteiger charge is 2.07. The van der Waals surface area contributed by atoms with Crippen molar-refractivity contribution in [1.29, 1.82) is 0 Å².